The van der Waals surface area contributed by atoms with Crippen molar-refractivity contribution in [2.75, 3.05) is 36.0 Å². The summed E-state index contributed by atoms with van der Waals surface area (Å²) >= 11 is 0. The predicted molar refractivity (Wildman–Crippen MR) is 85.6 cm³/mol. The summed E-state index contributed by atoms with van der Waals surface area (Å²) in [6.45, 7) is 5.29. The lowest BCUT2D eigenvalue weighted by molar-refractivity contribution is -0.385. The number of nitrogens with zero attached hydrogens (tertiary/aromatic N) is 5. The summed E-state index contributed by atoms with van der Waals surface area (Å²) in [5.74, 6) is 1.17. The molecule has 2 saturated heterocycles. The molecule has 0 atom stereocenters. The van der Waals surface area contributed by atoms with Crippen molar-refractivity contribution in [1.29, 1.82) is 0 Å². The third kappa shape index (κ3) is 2.98. The average molecular weight is 305 g/mol. The van der Waals surface area contributed by atoms with Gasteiger partial charge < -0.3 is 9.80 Å². The largest absolute Gasteiger partial charge is 0.351 e. The molecule has 0 aromatic carbocycles. The summed E-state index contributed by atoms with van der Waals surface area (Å²) in [5.41, 5.74) is 0.545. The van der Waals surface area contributed by atoms with E-state index in [9.17, 15) is 10.1 Å². The van der Waals surface area contributed by atoms with E-state index in [1.165, 1.54) is 12.8 Å². The topological polar surface area (TPSA) is 75.4 Å². The predicted octanol–water partition coefficient (Wildman–Crippen LogP) is 2.67. The van der Waals surface area contributed by atoms with Crippen molar-refractivity contribution in [1.82, 2.24) is 9.97 Å². The molecule has 0 bridgehead atoms. The van der Waals surface area contributed by atoms with Crippen LogP contribution in [0.15, 0.2) is 0 Å². The molecule has 2 fully saturated rings. The summed E-state index contributed by atoms with van der Waals surface area (Å²) < 4.78 is 0. The third-order valence-corrected chi connectivity index (χ3v) is 4.51. The van der Waals surface area contributed by atoms with E-state index in [4.69, 9.17) is 0 Å². The van der Waals surface area contributed by atoms with Gasteiger partial charge in [-0.1, -0.05) is 0 Å². The van der Waals surface area contributed by atoms with Gasteiger partial charge in [-0.25, -0.2) is 4.98 Å². The molecule has 7 nitrogen and oxygen atoms in total. The van der Waals surface area contributed by atoms with E-state index in [0.717, 1.165) is 51.9 Å². The normalized spacial score (nSPS) is 19.3. The Morgan fingerprint density at radius 2 is 1.45 bits per heavy atom. The van der Waals surface area contributed by atoms with Gasteiger partial charge in [0.25, 0.3) is 0 Å². The molecule has 22 heavy (non-hydrogen) atoms. The zero-order chi connectivity index (χ0) is 15.5. The summed E-state index contributed by atoms with van der Waals surface area (Å²) in [4.78, 5) is 24.4. The van der Waals surface area contributed by atoms with E-state index in [0.29, 0.717) is 17.5 Å². The van der Waals surface area contributed by atoms with Crippen molar-refractivity contribution >= 4 is 17.5 Å². The zero-order valence-corrected chi connectivity index (χ0v) is 13.1. The van der Waals surface area contributed by atoms with E-state index >= 15 is 0 Å². The second-order valence-electron chi connectivity index (χ2n) is 6.13. The molecular weight excluding hydrogens is 282 g/mol. The van der Waals surface area contributed by atoms with E-state index < -0.39 is 0 Å². The number of hydrogen-bond acceptors (Lipinski definition) is 6. The Balaban J connectivity index is 1.99. The van der Waals surface area contributed by atoms with Crippen LogP contribution in [0.4, 0.5) is 17.5 Å². The maximum absolute atomic E-state index is 11.5. The molecule has 0 aliphatic carbocycles. The fourth-order valence-electron chi connectivity index (χ4n) is 3.31. The molecule has 1 aromatic heterocycles. The van der Waals surface area contributed by atoms with Crippen molar-refractivity contribution in [3.8, 4) is 0 Å². The summed E-state index contributed by atoms with van der Waals surface area (Å²) in [5, 5.41) is 11.5. The lowest BCUT2D eigenvalue weighted by Crippen LogP contribution is -2.34. The van der Waals surface area contributed by atoms with Gasteiger partial charge in [-0.3, -0.25) is 10.1 Å². The van der Waals surface area contributed by atoms with Crippen LogP contribution in [0.25, 0.3) is 0 Å². The Bertz CT molecular complexity index is 551. The van der Waals surface area contributed by atoms with Crippen molar-refractivity contribution in [3.05, 3.63) is 15.8 Å². The van der Waals surface area contributed by atoms with Crippen molar-refractivity contribution in [2.24, 2.45) is 0 Å². The molecule has 120 valence electrons. The third-order valence-electron chi connectivity index (χ3n) is 4.51. The van der Waals surface area contributed by atoms with Gasteiger partial charge in [0.05, 0.1) is 4.92 Å². The SMILES string of the molecule is Cc1nc(N2CCCCC2)nc(N2CCCCC2)c1[N+](=O)[O-]. The summed E-state index contributed by atoms with van der Waals surface area (Å²) in [7, 11) is 0. The number of aryl methyl sites for hydroxylation is 1. The Hall–Kier alpha value is -1.92. The van der Waals surface area contributed by atoms with Crippen LogP contribution in [0.5, 0.6) is 0 Å². The molecule has 3 heterocycles. The van der Waals surface area contributed by atoms with Gasteiger partial charge in [-0.2, -0.15) is 4.98 Å². The minimum atomic E-state index is -0.334. The number of anilines is 2. The van der Waals surface area contributed by atoms with Crippen LogP contribution >= 0.6 is 0 Å². The van der Waals surface area contributed by atoms with Crippen LogP contribution in [0.2, 0.25) is 0 Å². The monoisotopic (exact) mass is 305 g/mol. The van der Waals surface area contributed by atoms with Crippen LogP contribution in [0.1, 0.15) is 44.2 Å². The first kappa shape index (κ1) is 15.0. The molecule has 7 heteroatoms. The Labute approximate surface area is 130 Å². The Morgan fingerprint density at radius 3 is 2.00 bits per heavy atom. The van der Waals surface area contributed by atoms with E-state index in [-0.39, 0.29) is 10.6 Å². The number of piperidine rings is 2. The fraction of sp³-hybridized carbons (Fsp3) is 0.733. The Kier molecular flexibility index (Phi) is 4.40. The molecule has 2 aliphatic rings. The van der Waals surface area contributed by atoms with Crippen molar-refractivity contribution in [3.63, 3.8) is 0 Å². The van der Waals surface area contributed by atoms with Crippen molar-refractivity contribution in [2.45, 2.75) is 45.4 Å². The first-order valence-electron chi connectivity index (χ1n) is 8.20. The molecule has 1 aromatic rings. The number of nitro groups is 1. The molecule has 0 unspecified atom stereocenters. The van der Waals surface area contributed by atoms with E-state index in [1.54, 1.807) is 6.92 Å². The van der Waals surface area contributed by atoms with Crippen LogP contribution in [0, 0.1) is 17.0 Å². The Morgan fingerprint density at radius 1 is 0.909 bits per heavy atom. The smallest absolute Gasteiger partial charge is 0.332 e. The molecule has 0 saturated carbocycles. The molecule has 0 radical (unpaired) electrons. The van der Waals surface area contributed by atoms with Gasteiger partial charge in [-0.05, 0) is 45.4 Å². The van der Waals surface area contributed by atoms with Crippen molar-refractivity contribution < 1.29 is 4.92 Å². The summed E-state index contributed by atoms with van der Waals surface area (Å²) in [6, 6.07) is 0. The quantitative estimate of drug-likeness (QED) is 0.631. The van der Waals surface area contributed by atoms with E-state index in [2.05, 4.69) is 19.8 Å². The fourth-order valence-corrected chi connectivity index (χ4v) is 3.31. The van der Waals surface area contributed by atoms with Crippen LogP contribution in [-0.4, -0.2) is 41.1 Å². The first-order valence-corrected chi connectivity index (χ1v) is 8.20. The highest BCUT2D eigenvalue weighted by Crippen LogP contribution is 2.32. The molecule has 0 spiro atoms. The van der Waals surface area contributed by atoms with Gasteiger partial charge in [0.1, 0.15) is 5.69 Å². The summed E-state index contributed by atoms with van der Waals surface area (Å²) in [6.07, 6.45) is 6.84. The highest BCUT2D eigenvalue weighted by Gasteiger charge is 2.28. The molecular formula is C15H23N5O2. The van der Waals surface area contributed by atoms with Crippen LogP contribution in [-0.2, 0) is 0 Å². The minimum absolute atomic E-state index is 0.0719. The molecule has 3 rings (SSSR count). The van der Waals surface area contributed by atoms with Crippen LogP contribution < -0.4 is 9.80 Å². The number of hydrogen-bond donors (Lipinski definition) is 0. The first-order chi connectivity index (χ1) is 10.7. The standard InChI is InChI=1S/C15H23N5O2/c1-12-13(20(21)22)14(18-8-4-2-5-9-18)17-15(16-12)19-10-6-3-7-11-19/h2-11H2,1H3. The maximum Gasteiger partial charge on any atom is 0.332 e. The second kappa shape index (κ2) is 6.46. The van der Waals surface area contributed by atoms with Gasteiger partial charge >= 0.3 is 5.69 Å². The van der Waals surface area contributed by atoms with Gasteiger partial charge in [0.15, 0.2) is 0 Å². The zero-order valence-electron chi connectivity index (χ0n) is 13.1. The molecule has 2 aliphatic heterocycles. The lowest BCUT2D eigenvalue weighted by atomic mass is 10.1. The van der Waals surface area contributed by atoms with Gasteiger partial charge in [-0.15, -0.1) is 0 Å². The van der Waals surface area contributed by atoms with Gasteiger partial charge in [0, 0.05) is 26.2 Å². The number of rotatable bonds is 3. The highest BCUT2D eigenvalue weighted by atomic mass is 16.6. The highest BCUT2D eigenvalue weighted by molar-refractivity contribution is 5.63. The molecule has 0 amide bonds. The maximum atomic E-state index is 11.5. The minimum Gasteiger partial charge on any atom is -0.351 e. The second-order valence-corrected chi connectivity index (χ2v) is 6.13. The number of aromatic nitrogens is 2. The van der Waals surface area contributed by atoms with Gasteiger partial charge in [0.2, 0.25) is 11.8 Å². The van der Waals surface area contributed by atoms with Crippen LogP contribution in [0.3, 0.4) is 0 Å². The van der Waals surface area contributed by atoms with E-state index in [1.807, 2.05) is 0 Å². The molecule has 0 N–H and O–H groups in total. The average Bonchev–Trinajstić information content (AvgIpc) is 2.55. The lowest BCUT2D eigenvalue weighted by Gasteiger charge is -2.30.